The first-order valence-corrected chi connectivity index (χ1v) is 8.25. The van der Waals surface area contributed by atoms with Gasteiger partial charge < -0.3 is 4.74 Å². The second kappa shape index (κ2) is 6.91. The molecule has 6 heteroatoms. The van der Waals surface area contributed by atoms with Gasteiger partial charge in [0.2, 0.25) is 16.6 Å². The van der Waals surface area contributed by atoms with E-state index in [1.165, 1.54) is 0 Å². The Morgan fingerprint density at radius 2 is 2.04 bits per heavy atom. The Kier molecular flexibility index (Phi) is 4.71. The van der Waals surface area contributed by atoms with Crippen LogP contribution in [0.2, 0.25) is 0 Å². The van der Waals surface area contributed by atoms with Gasteiger partial charge in [-0.25, -0.2) is 13.8 Å². The molecule has 1 aromatic carbocycles. The van der Waals surface area contributed by atoms with Gasteiger partial charge in [0, 0.05) is 11.6 Å². The van der Waals surface area contributed by atoms with Gasteiger partial charge in [-0.1, -0.05) is 48.2 Å². The Hall–Kier alpha value is -2.21. The number of hydrogen-bond donors (Lipinski definition) is 0. The van der Waals surface area contributed by atoms with Gasteiger partial charge in [0.25, 0.3) is 0 Å². The number of hydrogen-bond acceptors (Lipinski definition) is 4. The molecular weight excluding hydrogens is 315 g/mol. The molecule has 2 atom stereocenters. The molecule has 3 rings (SSSR count). The Bertz CT molecular complexity index is 736. The quantitative estimate of drug-likeness (QED) is 0.624. The van der Waals surface area contributed by atoms with Crippen molar-refractivity contribution in [3.05, 3.63) is 60.3 Å². The maximum Gasteiger partial charge on any atom is 0.351 e. The number of aromatic nitrogens is 1. The lowest BCUT2D eigenvalue weighted by Gasteiger charge is -2.13. The summed E-state index contributed by atoms with van der Waals surface area (Å²) in [5.74, 6) is -0.116. The Labute approximate surface area is 138 Å². The van der Waals surface area contributed by atoms with E-state index in [0.717, 1.165) is 28.9 Å². The fourth-order valence-electron chi connectivity index (χ4n) is 2.37. The third-order valence-corrected chi connectivity index (χ3v) is 4.52. The van der Waals surface area contributed by atoms with E-state index in [2.05, 4.69) is 4.99 Å². The van der Waals surface area contributed by atoms with Crippen LogP contribution in [0, 0.1) is 0 Å². The van der Waals surface area contributed by atoms with Crippen LogP contribution in [0.25, 0.3) is 0 Å². The number of fused-ring (bicyclic) bond motifs is 1. The summed E-state index contributed by atoms with van der Waals surface area (Å²) in [5, 5.41) is -0.409. The predicted molar refractivity (Wildman–Crippen MR) is 87.4 cm³/mol. The summed E-state index contributed by atoms with van der Waals surface area (Å²) >= 11 is 0.892. The third-order valence-electron chi connectivity index (χ3n) is 3.38. The molecule has 2 aromatic rings. The van der Waals surface area contributed by atoms with Crippen LogP contribution in [-0.2, 0) is 9.53 Å². The number of pyridine rings is 1. The largest absolute Gasteiger partial charge is 0.463 e. The van der Waals surface area contributed by atoms with E-state index in [9.17, 15) is 9.18 Å². The molecule has 0 N–H and O–H groups in total. The summed E-state index contributed by atoms with van der Waals surface area (Å²) in [4.78, 5) is 16.2. The van der Waals surface area contributed by atoms with Crippen LogP contribution in [0.15, 0.2) is 59.7 Å². The molecule has 1 aliphatic rings. The maximum atomic E-state index is 14.2. The van der Waals surface area contributed by atoms with E-state index in [1.54, 1.807) is 6.92 Å². The predicted octanol–water partition coefficient (Wildman–Crippen LogP) is 3.20. The highest BCUT2D eigenvalue weighted by atomic mass is 32.2. The summed E-state index contributed by atoms with van der Waals surface area (Å²) in [5.41, 5.74) is -0.119. The van der Waals surface area contributed by atoms with E-state index < -0.39 is 16.8 Å². The summed E-state index contributed by atoms with van der Waals surface area (Å²) < 4.78 is 20.9. The lowest BCUT2D eigenvalue weighted by Crippen LogP contribution is -2.39. The Morgan fingerprint density at radius 1 is 1.30 bits per heavy atom. The average Bonchev–Trinajstić information content (AvgIpc) is 2.94. The highest BCUT2D eigenvalue weighted by Crippen LogP contribution is 2.34. The van der Waals surface area contributed by atoms with Crippen LogP contribution >= 0.6 is 11.8 Å². The SMILES string of the molecule is CCOC(=O)C(F)SC1C(c2ccccc2)=Nc2cccc[n+]21. The van der Waals surface area contributed by atoms with E-state index in [4.69, 9.17) is 4.74 Å². The molecular formula is C17H16FN2O2S+. The number of nitrogens with zero attached hydrogens (tertiary/aromatic N) is 2. The minimum absolute atomic E-state index is 0.161. The number of alkyl halides is 1. The number of thioether (sulfide) groups is 1. The van der Waals surface area contributed by atoms with Crippen molar-refractivity contribution in [2.45, 2.75) is 17.8 Å². The van der Waals surface area contributed by atoms with Crippen molar-refractivity contribution in [1.29, 1.82) is 0 Å². The van der Waals surface area contributed by atoms with Crippen molar-refractivity contribution in [3.63, 3.8) is 0 Å². The fraction of sp³-hybridized carbons (Fsp3) is 0.235. The van der Waals surface area contributed by atoms with Crippen molar-refractivity contribution in [2.24, 2.45) is 4.99 Å². The zero-order chi connectivity index (χ0) is 16.2. The monoisotopic (exact) mass is 331 g/mol. The number of ether oxygens (including phenoxy) is 1. The lowest BCUT2D eigenvalue weighted by molar-refractivity contribution is -0.667. The minimum atomic E-state index is -1.76. The summed E-state index contributed by atoms with van der Waals surface area (Å²) in [6, 6.07) is 15.2. The van der Waals surface area contributed by atoms with E-state index in [-0.39, 0.29) is 6.61 Å². The zero-order valence-electron chi connectivity index (χ0n) is 12.6. The molecule has 0 bridgehead atoms. The molecule has 0 aliphatic carbocycles. The molecule has 1 aromatic heterocycles. The smallest absolute Gasteiger partial charge is 0.351 e. The highest BCUT2D eigenvalue weighted by molar-refractivity contribution is 8.00. The molecule has 118 valence electrons. The van der Waals surface area contributed by atoms with Gasteiger partial charge in [0.15, 0.2) is 0 Å². The van der Waals surface area contributed by atoms with Crippen molar-refractivity contribution in [3.8, 4) is 0 Å². The zero-order valence-corrected chi connectivity index (χ0v) is 13.4. The molecule has 2 heterocycles. The number of halogens is 1. The van der Waals surface area contributed by atoms with E-state index in [1.807, 2.05) is 59.3 Å². The first kappa shape index (κ1) is 15.7. The number of carbonyl (C=O) groups excluding carboxylic acids is 1. The van der Waals surface area contributed by atoms with Gasteiger partial charge in [-0.15, -0.1) is 0 Å². The summed E-state index contributed by atoms with van der Waals surface area (Å²) in [6.07, 6.45) is 1.84. The van der Waals surface area contributed by atoms with Crippen LogP contribution in [0.5, 0.6) is 0 Å². The Morgan fingerprint density at radius 3 is 2.78 bits per heavy atom. The standard InChI is InChI=1S/C17H16FN2O2S/c1-2-22-17(21)15(18)23-16-14(12-8-4-3-5-9-12)19-13-10-6-7-11-20(13)16/h3-11,15-16H,2H2,1H3/q+1. The molecule has 0 saturated heterocycles. The molecule has 1 aliphatic heterocycles. The van der Waals surface area contributed by atoms with Crippen LogP contribution in [0.3, 0.4) is 0 Å². The van der Waals surface area contributed by atoms with Crippen LogP contribution in [0.4, 0.5) is 10.2 Å². The summed E-state index contributed by atoms with van der Waals surface area (Å²) in [6.45, 7) is 1.82. The number of benzene rings is 1. The van der Waals surface area contributed by atoms with Crippen LogP contribution in [-0.4, -0.2) is 23.8 Å². The summed E-state index contributed by atoms with van der Waals surface area (Å²) in [7, 11) is 0. The van der Waals surface area contributed by atoms with Gasteiger partial charge in [-0.05, 0) is 18.0 Å². The molecule has 23 heavy (non-hydrogen) atoms. The molecule has 4 nitrogen and oxygen atoms in total. The Balaban J connectivity index is 1.91. The van der Waals surface area contributed by atoms with E-state index >= 15 is 0 Å². The second-order valence-corrected chi connectivity index (χ2v) is 6.02. The molecule has 0 fully saturated rings. The average molecular weight is 331 g/mol. The number of aliphatic imine (C=N–C) groups is 1. The van der Waals surface area contributed by atoms with Gasteiger partial charge in [0.05, 0.1) is 12.8 Å². The van der Waals surface area contributed by atoms with Crippen molar-refractivity contribution in [1.82, 2.24) is 0 Å². The molecule has 0 spiro atoms. The normalized spacial score (nSPS) is 17.3. The van der Waals surface area contributed by atoms with Crippen LogP contribution < -0.4 is 4.57 Å². The minimum Gasteiger partial charge on any atom is -0.463 e. The number of rotatable bonds is 5. The maximum absolute atomic E-state index is 14.2. The number of carbonyl (C=O) groups is 1. The number of esters is 1. The molecule has 0 radical (unpaired) electrons. The van der Waals surface area contributed by atoms with Gasteiger partial charge >= 0.3 is 11.8 Å². The fourth-order valence-corrected chi connectivity index (χ4v) is 3.41. The lowest BCUT2D eigenvalue weighted by atomic mass is 10.1. The van der Waals surface area contributed by atoms with Crippen molar-refractivity contribution in [2.75, 3.05) is 6.61 Å². The van der Waals surface area contributed by atoms with Gasteiger partial charge in [-0.3, -0.25) is 0 Å². The van der Waals surface area contributed by atoms with E-state index in [0.29, 0.717) is 0 Å². The third kappa shape index (κ3) is 3.27. The molecule has 2 unspecified atom stereocenters. The highest BCUT2D eigenvalue weighted by Gasteiger charge is 2.40. The van der Waals surface area contributed by atoms with Crippen molar-refractivity contribution >= 4 is 29.3 Å². The first-order chi connectivity index (χ1) is 11.2. The van der Waals surface area contributed by atoms with Gasteiger partial charge in [-0.2, -0.15) is 0 Å². The second-order valence-electron chi connectivity index (χ2n) is 4.89. The van der Waals surface area contributed by atoms with Gasteiger partial charge in [0.1, 0.15) is 0 Å². The molecule has 0 amide bonds. The van der Waals surface area contributed by atoms with Crippen LogP contribution in [0.1, 0.15) is 17.9 Å². The molecule has 0 saturated carbocycles. The topological polar surface area (TPSA) is 42.5 Å². The van der Waals surface area contributed by atoms with Crippen molar-refractivity contribution < 1.29 is 18.5 Å². The first-order valence-electron chi connectivity index (χ1n) is 7.31.